The number of hydrogen-bond acceptors (Lipinski definition) is 5. The number of rotatable bonds is 5. The molecule has 0 saturated carbocycles. The average Bonchev–Trinajstić information content (AvgIpc) is 3.05. The summed E-state index contributed by atoms with van der Waals surface area (Å²) in [7, 11) is -2.83. The number of benzene rings is 1. The monoisotopic (exact) mass is 487 g/mol. The maximum atomic E-state index is 14.1. The Balaban J connectivity index is 0.00000320. The molecule has 2 heterocycles. The van der Waals surface area contributed by atoms with Crippen LogP contribution in [0.1, 0.15) is 12.8 Å². The summed E-state index contributed by atoms with van der Waals surface area (Å²) in [5.41, 5.74) is -0.127. The molecule has 1 aliphatic heterocycles. The van der Waals surface area contributed by atoms with E-state index in [2.05, 4.69) is 15.1 Å². The molecule has 1 aromatic carbocycles. The van der Waals surface area contributed by atoms with Gasteiger partial charge in [-0.15, -0.1) is 0 Å². The second kappa shape index (κ2) is 10.5. The minimum Gasteiger partial charge on any atom is -0.421 e. The van der Waals surface area contributed by atoms with Crippen molar-refractivity contribution in [3.63, 3.8) is 0 Å². The molecule has 1 N–H and O–H groups in total. The van der Waals surface area contributed by atoms with Gasteiger partial charge in [0.2, 0.25) is 0 Å². The third kappa shape index (κ3) is 6.00. The molecule has 158 valence electrons. The van der Waals surface area contributed by atoms with Gasteiger partial charge in [0.25, 0.3) is 10.2 Å². The molecule has 30 heavy (non-hydrogen) atoms. The van der Waals surface area contributed by atoms with Crippen molar-refractivity contribution >= 4 is 50.8 Å². The Morgan fingerprint density at radius 2 is 2.03 bits per heavy atom. The summed E-state index contributed by atoms with van der Waals surface area (Å²) in [6.07, 6.45) is 3.70. The molecule has 2 amide bonds. The zero-order valence-electron chi connectivity index (χ0n) is 16.2. The first-order valence-corrected chi connectivity index (χ1v) is 10.6. The van der Waals surface area contributed by atoms with E-state index in [1.165, 1.54) is 17.1 Å². The van der Waals surface area contributed by atoms with E-state index in [1.807, 2.05) is 0 Å². The van der Waals surface area contributed by atoms with Gasteiger partial charge < -0.3 is 14.8 Å². The number of carbonyl (C=O) groups is 1. The second-order valence-corrected chi connectivity index (χ2v) is 8.58. The van der Waals surface area contributed by atoms with Crippen LogP contribution >= 0.6 is 23.2 Å². The molecule has 3 rings (SSSR count). The van der Waals surface area contributed by atoms with Crippen LogP contribution in [0.25, 0.3) is 4.72 Å². The topological polar surface area (TPSA) is 108 Å². The van der Waals surface area contributed by atoms with Crippen LogP contribution in [0.2, 0.25) is 10.0 Å². The summed E-state index contributed by atoms with van der Waals surface area (Å²) in [6.45, 7) is 0.741. The number of aryl methyl sites for hydroxylation is 1. The van der Waals surface area contributed by atoms with Crippen LogP contribution < -0.4 is 39.2 Å². The summed E-state index contributed by atoms with van der Waals surface area (Å²) >= 11 is 11.5. The van der Waals surface area contributed by atoms with Crippen molar-refractivity contribution in [2.45, 2.75) is 18.9 Å². The van der Waals surface area contributed by atoms with Crippen molar-refractivity contribution in [2.75, 3.05) is 22.8 Å². The molecule has 0 radical (unpaired) electrons. The second-order valence-electron chi connectivity index (χ2n) is 6.26. The fourth-order valence-electron chi connectivity index (χ4n) is 2.91. The van der Waals surface area contributed by atoms with Crippen LogP contribution in [0.3, 0.4) is 0 Å². The molecule has 0 aliphatic carbocycles. The number of nitrogens with zero attached hydrogens (tertiary/aromatic N) is 4. The van der Waals surface area contributed by atoms with Crippen LogP contribution in [0.4, 0.5) is 20.6 Å². The molecule has 1 aliphatic rings. The van der Waals surface area contributed by atoms with Crippen LogP contribution in [0.15, 0.2) is 24.5 Å². The fraction of sp³-hybridized carbons (Fsp3) is 0.375. The Morgan fingerprint density at radius 3 is 2.63 bits per heavy atom. The average molecular weight is 488 g/mol. The third-order valence-electron chi connectivity index (χ3n) is 4.15. The molecular formula is C16H17Cl2FN5NaO4S. The van der Waals surface area contributed by atoms with Gasteiger partial charge in [-0.3, -0.25) is 13.8 Å². The standard InChI is InChI=1S/C16H18Cl2FN5O4S.Na/c1-23-9-12(8-20-23)24(11-2-4-28-5-3-11)29(26,27)22-16(25)21-14-7-10(17)6-13(18)15(14)19;/h6-9,11H,2-5H2,1H3,(H2,21,22,25);/q;+1/p-1. The van der Waals surface area contributed by atoms with Crippen LogP contribution in [-0.2, 0) is 22.0 Å². The van der Waals surface area contributed by atoms with E-state index >= 15 is 0 Å². The van der Waals surface area contributed by atoms with E-state index in [9.17, 15) is 17.6 Å². The summed E-state index contributed by atoms with van der Waals surface area (Å²) in [5.74, 6) is -0.953. The number of carbonyl (C=O) groups excluding carboxylic acids is 1. The fourth-order valence-corrected chi connectivity index (χ4v) is 4.69. The largest absolute Gasteiger partial charge is 1.00 e. The van der Waals surface area contributed by atoms with Gasteiger partial charge in [-0.25, -0.2) is 12.8 Å². The van der Waals surface area contributed by atoms with Crippen molar-refractivity contribution in [3.8, 4) is 0 Å². The quantitative estimate of drug-likeness (QED) is 0.493. The molecule has 1 fully saturated rings. The Kier molecular flexibility index (Phi) is 8.80. The molecule has 1 saturated heterocycles. The van der Waals surface area contributed by atoms with Gasteiger partial charge in [-0.05, 0) is 30.7 Å². The predicted molar refractivity (Wildman–Crippen MR) is 107 cm³/mol. The van der Waals surface area contributed by atoms with Crippen LogP contribution in [-0.4, -0.2) is 43.5 Å². The number of amides is 2. The van der Waals surface area contributed by atoms with Crippen LogP contribution in [0.5, 0.6) is 0 Å². The molecule has 14 heteroatoms. The van der Waals surface area contributed by atoms with Crippen LogP contribution in [0, 0.1) is 5.82 Å². The van der Waals surface area contributed by atoms with Gasteiger partial charge in [0, 0.05) is 37.5 Å². The zero-order chi connectivity index (χ0) is 21.2. The van der Waals surface area contributed by atoms with Crippen molar-refractivity contribution < 1.29 is 51.9 Å². The third-order valence-corrected chi connectivity index (χ3v) is 6.05. The number of nitrogens with one attached hydrogen (secondary N) is 1. The van der Waals surface area contributed by atoms with Crippen molar-refractivity contribution in [3.05, 3.63) is 45.1 Å². The summed E-state index contributed by atoms with van der Waals surface area (Å²) < 4.78 is 51.0. The Hall–Kier alpha value is -1.08. The van der Waals surface area contributed by atoms with E-state index < -0.39 is 28.1 Å². The molecule has 2 aromatic rings. The van der Waals surface area contributed by atoms with Gasteiger partial charge in [-0.1, -0.05) is 23.2 Å². The molecule has 9 nitrogen and oxygen atoms in total. The normalized spacial score (nSPS) is 14.7. The van der Waals surface area contributed by atoms with E-state index in [0.717, 1.165) is 16.4 Å². The molecule has 0 atom stereocenters. The van der Waals surface area contributed by atoms with Gasteiger partial charge in [-0.2, -0.15) is 5.10 Å². The van der Waals surface area contributed by atoms with E-state index in [4.69, 9.17) is 27.9 Å². The van der Waals surface area contributed by atoms with E-state index in [0.29, 0.717) is 26.1 Å². The Morgan fingerprint density at radius 1 is 1.37 bits per heavy atom. The van der Waals surface area contributed by atoms with Crippen molar-refractivity contribution in [1.29, 1.82) is 0 Å². The van der Waals surface area contributed by atoms with Gasteiger partial charge in [0.05, 0.1) is 16.9 Å². The Bertz CT molecular complexity index is 1020. The molecule has 0 spiro atoms. The molecular weight excluding hydrogens is 471 g/mol. The molecule has 0 unspecified atom stereocenters. The first-order chi connectivity index (χ1) is 13.7. The summed E-state index contributed by atoms with van der Waals surface area (Å²) in [5, 5.41) is 5.78. The minimum absolute atomic E-state index is 0. The van der Waals surface area contributed by atoms with Crippen molar-refractivity contribution in [2.24, 2.45) is 7.05 Å². The zero-order valence-corrected chi connectivity index (χ0v) is 20.5. The minimum atomic E-state index is -4.47. The smallest absolute Gasteiger partial charge is 0.421 e. The van der Waals surface area contributed by atoms with Gasteiger partial charge in [0.15, 0.2) is 6.03 Å². The summed E-state index contributed by atoms with van der Waals surface area (Å²) in [4.78, 5) is 12.2. The predicted octanol–water partition coefficient (Wildman–Crippen LogP) is 0.706. The first kappa shape index (κ1) is 25.2. The number of urea groups is 1. The van der Waals surface area contributed by atoms with Crippen molar-refractivity contribution in [1.82, 2.24) is 9.78 Å². The van der Waals surface area contributed by atoms with Gasteiger partial charge >= 0.3 is 29.6 Å². The number of ether oxygens (including phenoxy) is 1. The maximum Gasteiger partial charge on any atom is 1.00 e. The number of anilines is 2. The van der Waals surface area contributed by atoms with Gasteiger partial charge in [0.1, 0.15) is 5.82 Å². The number of aromatic nitrogens is 2. The Labute approximate surface area is 205 Å². The number of halogens is 3. The maximum absolute atomic E-state index is 14.1. The number of hydrogen-bond donors (Lipinski definition) is 1. The molecule has 0 bridgehead atoms. The van der Waals surface area contributed by atoms with E-state index in [1.54, 1.807) is 7.05 Å². The molecule has 1 aromatic heterocycles. The first-order valence-electron chi connectivity index (χ1n) is 8.46. The van der Waals surface area contributed by atoms with E-state index in [-0.39, 0.29) is 51.0 Å². The SMILES string of the molecule is Cn1cc(N(C2CCOCC2)S(=O)(=O)[N-]C(=O)Nc2cc(Cl)cc(Cl)c2F)cn1.[Na+]. The summed E-state index contributed by atoms with van der Waals surface area (Å²) in [6, 6.07) is 0.493.